The van der Waals surface area contributed by atoms with Gasteiger partial charge in [-0.15, -0.1) is 0 Å². The van der Waals surface area contributed by atoms with E-state index in [1.54, 1.807) is 0 Å². The molecule has 0 atom stereocenters. The number of carbonyl (C=O) groups is 1. The maximum atomic E-state index is 10.8. The molecule has 17 heavy (non-hydrogen) atoms. The Morgan fingerprint density at radius 1 is 1.41 bits per heavy atom. The van der Waals surface area contributed by atoms with Gasteiger partial charge in [-0.1, -0.05) is 18.2 Å². The summed E-state index contributed by atoms with van der Waals surface area (Å²) in [7, 11) is 0. The summed E-state index contributed by atoms with van der Waals surface area (Å²) < 4.78 is 10.2. The first-order valence-electron chi connectivity index (χ1n) is 5.26. The molecule has 0 bridgehead atoms. The lowest BCUT2D eigenvalue weighted by atomic mass is 10.2. The number of aryl methyl sites for hydroxylation is 1. The molecule has 0 aliphatic heterocycles. The van der Waals surface area contributed by atoms with Gasteiger partial charge in [-0.2, -0.15) is 4.79 Å². The molecule has 0 aliphatic carbocycles. The van der Waals surface area contributed by atoms with Crippen LogP contribution in [0.4, 0.5) is 0 Å². The van der Waals surface area contributed by atoms with Gasteiger partial charge in [-0.25, -0.2) is 4.79 Å². The fraction of sp³-hybridized carbons (Fsp3) is 0.333. The van der Waals surface area contributed by atoms with Crippen LogP contribution in [0.25, 0.3) is 5.53 Å². The monoisotopic (exact) mass is 234 g/mol. The Balaban J connectivity index is 2.19. The van der Waals surface area contributed by atoms with Crippen LogP contribution in [0.5, 0.6) is 5.75 Å². The van der Waals surface area contributed by atoms with E-state index in [0.29, 0.717) is 19.2 Å². The summed E-state index contributed by atoms with van der Waals surface area (Å²) in [5, 5.41) is 0. The highest BCUT2D eigenvalue weighted by Gasteiger charge is 2.02. The fourth-order valence-corrected chi connectivity index (χ4v) is 1.22. The minimum atomic E-state index is -0.664. The van der Waals surface area contributed by atoms with Crippen molar-refractivity contribution in [3.05, 3.63) is 35.4 Å². The third-order valence-electron chi connectivity index (χ3n) is 2.05. The highest BCUT2D eigenvalue weighted by molar-refractivity contribution is 6.20. The molecule has 0 fully saturated rings. The van der Waals surface area contributed by atoms with Crippen LogP contribution < -0.4 is 4.74 Å². The summed E-state index contributed by atoms with van der Waals surface area (Å²) in [6, 6.07) is 7.70. The summed E-state index contributed by atoms with van der Waals surface area (Å²) in [4.78, 5) is 13.3. The molecule has 5 nitrogen and oxygen atoms in total. The molecule has 1 aromatic carbocycles. The minimum absolute atomic E-state index is 0.233. The molecule has 0 heterocycles. The number of para-hydroxylation sites is 1. The summed E-state index contributed by atoms with van der Waals surface area (Å²) in [6.07, 6.45) is 1.29. The number of nitrogens with zero attached hydrogens (tertiary/aromatic N) is 2. The zero-order chi connectivity index (χ0) is 12.5. The van der Waals surface area contributed by atoms with Gasteiger partial charge in [0, 0.05) is 6.42 Å². The van der Waals surface area contributed by atoms with E-state index in [2.05, 4.69) is 4.79 Å². The van der Waals surface area contributed by atoms with E-state index in [4.69, 9.17) is 15.0 Å². The van der Waals surface area contributed by atoms with Crippen molar-refractivity contribution in [2.24, 2.45) is 0 Å². The molecule has 0 unspecified atom stereocenters. The van der Waals surface area contributed by atoms with Crippen molar-refractivity contribution in [3.63, 3.8) is 0 Å². The van der Waals surface area contributed by atoms with E-state index in [9.17, 15) is 4.79 Å². The van der Waals surface area contributed by atoms with Crippen molar-refractivity contribution in [1.29, 1.82) is 0 Å². The largest absolute Gasteiger partial charge is 0.493 e. The molecule has 0 saturated heterocycles. The molecule has 0 aromatic heterocycles. The van der Waals surface area contributed by atoms with Crippen molar-refractivity contribution in [2.45, 2.75) is 13.3 Å². The minimum Gasteiger partial charge on any atom is -0.493 e. The van der Waals surface area contributed by atoms with Crippen LogP contribution in [0.15, 0.2) is 24.3 Å². The van der Waals surface area contributed by atoms with Gasteiger partial charge in [0.1, 0.15) is 5.75 Å². The topological polar surface area (TPSA) is 71.9 Å². The molecule has 0 N–H and O–H groups in total. The number of hydrogen-bond donors (Lipinski definition) is 0. The number of benzene rings is 1. The number of esters is 1. The SMILES string of the molecule is Cc1ccccc1OCCCOC(=O)C=[N+]=[N-]. The van der Waals surface area contributed by atoms with Gasteiger partial charge in [0.05, 0.1) is 13.2 Å². The maximum Gasteiger partial charge on any atom is 0.413 e. The molecule has 1 aromatic rings. The Bertz CT molecular complexity index is 426. The molecule has 0 saturated carbocycles. The van der Waals surface area contributed by atoms with Crippen LogP contribution in [-0.4, -0.2) is 30.2 Å². The molecular weight excluding hydrogens is 220 g/mol. The molecule has 1 rings (SSSR count). The van der Waals surface area contributed by atoms with E-state index in [0.717, 1.165) is 11.3 Å². The standard InChI is InChI=1S/C12H14N2O3/c1-10-5-2-3-6-11(10)16-7-4-8-17-12(15)9-14-13/h2-3,5-6,9H,4,7-8H2,1H3. The fourth-order valence-electron chi connectivity index (χ4n) is 1.22. The molecule has 90 valence electrons. The van der Waals surface area contributed by atoms with Gasteiger partial charge < -0.3 is 15.0 Å². The number of ether oxygens (including phenoxy) is 2. The predicted molar refractivity (Wildman–Crippen MR) is 61.9 cm³/mol. The van der Waals surface area contributed by atoms with Crippen LogP contribution in [0.1, 0.15) is 12.0 Å². The Labute approximate surface area is 99.6 Å². The van der Waals surface area contributed by atoms with Crippen molar-refractivity contribution in [2.75, 3.05) is 13.2 Å². The average Bonchev–Trinajstić information content (AvgIpc) is 2.31. The second-order valence-corrected chi connectivity index (χ2v) is 3.38. The first-order chi connectivity index (χ1) is 8.24. The summed E-state index contributed by atoms with van der Waals surface area (Å²) >= 11 is 0. The van der Waals surface area contributed by atoms with Crippen LogP contribution in [0.2, 0.25) is 0 Å². The van der Waals surface area contributed by atoms with Crippen LogP contribution in [0.3, 0.4) is 0 Å². The van der Waals surface area contributed by atoms with Crippen molar-refractivity contribution < 1.29 is 19.1 Å². The lowest BCUT2D eigenvalue weighted by molar-refractivity contribution is -0.139. The Morgan fingerprint density at radius 3 is 2.88 bits per heavy atom. The van der Waals surface area contributed by atoms with E-state index < -0.39 is 5.97 Å². The Morgan fingerprint density at radius 2 is 2.18 bits per heavy atom. The Kier molecular flexibility index (Phi) is 5.47. The quantitative estimate of drug-likeness (QED) is 0.247. The molecule has 0 aliphatic rings. The highest BCUT2D eigenvalue weighted by atomic mass is 16.5. The average molecular weight is 234 g/mol. The lowest BCUT2D eigenvalue weighted by Gasteiger charge is -2.08. The lowest BCUT2D eigenvalue weighted by Crippen LogP contribution is -2.10. The molecule has 0 radical (unpaired) electrons. The summed E-state index contributed by atoms with van der Waals surface area (Å²) in [5.74, 6) is 0.166. The first-order valence-corrected chi connectivity index (χ1v) is 5.26. The zero-order valence-corrected chi connectivity index (χ0v) is 9.63. The predicted octanol–water partition coefficient (Wildman–Crippen LogP) is 1.61. The van der Waals surface area contributed by atoms with Crippen LogP contribution in [-0.2, 0) is 9.53 Å². The Hall–Kier alpha value is -2.13. The number of hydrogen-bond acceptors (Lipinski definition) is 3. The zero-order valence-electron chi connectivity index (χ0n) is 9.63. The molecule has 5 heteroatoms. The molecular formula is C12H14N2O3. The normalized spacial score (nSPS) is 9.24. The van der Waals surface area contributed by atoms with E-state index >= 15 is 0 Å². The van der Waals surface area contributed by atoms with Gasteiger partial charge in [-0.05, 0) is 18.6 Å². The van der Waals surface area contributed by atoms with Crippen molar-refractivity contribution in [1.82, 2.24) is 0 Å². The second kappa shape index (κ2) is 7.19. The second-order valence-electron chi connectivity index (χ2n) is 3.38. The maximum absolute atomic E-state index is 10.8. The smallest absolute Gasteiger partial charge is 0.413 e. The van der Waals surface area contributed by atoms with Crippen molar-refractivity contribution >= 4 is 12.2 Å². The van der Waals surface area contributed by atoms with Gasteiger partial charge >= 0.3 is 12.2 Å². The van der Waals surface area contributed by atoms with Crippen molar-refractivity contribution in [3.8, 4) is 5.75 Å². The van der Waals surface area contributed by atoms with E-state index in [-0.39, 0.29) is 6.61 Å². The number of carbonyl (C=O) groups excluding carboxylic acids is 1. The first kappa shape index (κ1) is 12.9. The molecule has 0 amide bonds. The summed E-state index contributed by atoms with van der Waals surface area (Å²) in [6.45, 7) is 2.66. The van der Waals surface area contributed by atoms with Gasteiger partial charge in [0.2, 0.25) is 0 Å². The van der Waals surface area contributed by atoms with Gasteiger partial charge in [0.15, 0.2) is 0 Å². The van der Waals surface area contributed by atoms with Crippen LogP contribution in [0, 0.1) is 6.92 Å². The number of rotatable bonds is 6. The third-order valence-corrected chi connectivity index (χ3v) is 2.05. The van der Waals surface area contributed by atoms with Gasteiger partial charge in [-0.3, -0.25) is 0 Å². The third kappa shape index (κ3) is 4.95. The van der Waals surface area contributed by atoms with Crippen LogP contribution >= 0.6 is 0 Å². The van der Waals surface area contributed by atoms with E-state index in [1.807, 2.05) is 31.2 Å². The van der Waals surface area contributed by atoms with Gasteiger partial charge in [0.25, 0.3) is 0 Å². The summed E-state index contributed by atoms with van der Waals surface area (Å²) in [5.41, 5.74) is 9.13. The van der Waals surface area contributed by atoms with E-state index in [1.165, 1.54) is 0 Å². The highest BCUT2D eigenvalue weighted by Crippen LogP contribution is 2.15. The molecule has 0 spiro atoms.